The van der Waals surface area contributed by atoms with Gasteiger partial charge in [0.1, 0.15) is 12.7 Å². The summed E-state index contributed by atoms with van der Waals surface area (Å²) < 4.78 is 30.8. The number of hydrogen-bond acceptors (Lipinski definition) is 6. The van der Waals surface area contributed by atoms with Crippen LogP contribution in [0.5, 0.6) is 0 Å². The highest BCUT2D eigenvalue weighted by molar-refractivity contribution is 7.93. The van der Waals surface area contributed by atoms with Crippen molar-refractivity contribution in [1.29, 1.82) is 5.26 Å². The molecule has 0 atom stereocenters. The van der Waals surface area contributed by atoms with Crippen LogP contribution in [-0.4, -0.2) is 18.8 Å². The van der Waals surface area contributed by atoms with Crippen LogP contribution in [0.4, 0.5) is 4.79 Å². The summed E-state index contributed by atoms with van der Waals surface area (Å²) in [5, 5.41) is 9.01. The minimum atomic E-state index is -4.43. The topological polar surface area (TPSA) is 113 Å². The molecule has 0 spiro atoms. The van der Waals surface area contributed by atoms with Gasteiger partial charge in [-0.15, -0.1) is 0 Å². The molecule has 0 radical (unpaired) electrons. The molecule has 2 aromatic rings. The lowest BCUT2D eigenvalue weighted by molar-refractivity contribution is 0.118. The van der Waals surface area contributed by atoms with Gasteiger partial charge in [-0.3, -0.25) is 0 Å². The van der Waals surface area contributed by atoms with Crippen LogP contribution < -0.4 is 5.73 Å². The van der Waals surface area contributed by atoms with Gasteiger partial charge in [-0.2, -0.15) is 9.57 Å². The Balaban J connectivity index is 2.28. The molecular weight excluding hydrogens is 354 g/mol. The minimum Gasteiger partial charge on any atom is -0.444 e. The smallest absolute Gasteiger partial charge is 0.424 e. The maximum atomic E-state index is 12.6. The first-order valence-electron chi connectivity index (χ1n) is 7.58. The molecule has 8 heteroatoms. The van der Waals surface area contributed by atoms with Crippen molar-refractivity contribution in [2.24, 2.45) is 5.73 Å². The fourth-order valence-electron chi connectivity index (χ4n) is 2.09. The second-order valence-electron chi connectivity index (χ2n) is 5.18. The van der Waals surface area contributed by atoms with E-state index in [1.165, 1.54) is 6.07 Å². The maximum Gasteiger partial charge on any atom is 0.424 e. The van der Waals surface area contributed by atoms with Crippen molar-refractivity contribution in [3.63, 3.8) is 0 Å². The molecule has 2 aromatic carbocycles. The van der Waals surface area contributed by atoms with Crippen LogP contribution in [0, 0.1) is 11.3 Å². The zero-order valence-corrected chi connectivity index (χ0v) is 14.6. The van der Waals surface area contributed by atoms with Crippen molar-refractivity contribution in [1.82, 2.24) is 4.31 Å². The van der Waals surface area contributed by atoms with E-state index in [-0.39, 0.29) is 13.2 Å². The Morgan fingerprint density at radius 3 is 2.12 bits per heavy atom. The van der Waals surface area contributed by atoms with Crippen LogP contribution in [0.15, 0.2) is 71.8 Å². The number of sulfonamides is 1. The van der Waals surface area contributed by atoms with Crippen LogP contribution in [0.3, 0.4) is 0 Å². The van der Waals surface area contributed by atoms with E-state index in [1.54, 1.807) is 54.6 Å². The lowest BCUT2D eigenvalue weighted by Gasteiger charge is -2.21. The maximum absolute atomic E-state index is 12.6. The van der Waals surface area contributed by atoms with Crippen molar-refractivity contribution in [2.45, 2.75) is 13.2 Å². The average Bonchev–Trinajstić information content (AvgIpc) is 2.66. The quantitative estimate of drug-likeness (QED) is 0.780. The molecule has 134 valence electrons. The Hall–Kier alpha value is -3.31. The summed E-state index contributed by atoms with van der Waals surface area (Å²) in [6.07, 6.45) is -0.440. The van der Waals surface area contributed by atoms with E-state index >= 15 is 0 Å². The lowest BCUT2D eigenvalue weighted by Crippen LogP contribution is -2.37. The van der Waals surface area contributed by atoms with Gasteiger partial charge in [0.05, 0.1) is 6.54 Å². The molecule has 0 saturated carbocycles. The lowest BCUT2D eigenvalue weighted by atomic mass is 10.2. The fourth-order valence-corrected chi connectivity index (χ4v) is 3.18. The van der Waals surface area contributed by atoms with Crippen LogP contribution in [0.2, 0.25) is 0 Å². The molecule has 0 saturated heterocycles. The van der Waals surface area contributed by atoms with Crippen LogP contribution in [-0.2, 0) is 27.9 Å². The van der Waals surface area contributed by atoms with Crippen LogP contribution >= 0.6 is 0 Å². The number of ether oxygens (including phenoxy) is 1. The Morgan fingerprint density at radius 1 is 1.08 bits per heavy atom. The van der Waals surface area contributed by atoms with Gasteiger partial charge in [0, 0.05) is 6.20 Å². The summed E-state index contributed by atoms with van der Waals surface area (Å²) in [5.41, 5.74) is 6.48. The number of nitrogens with zero attached hydrogens (tertiary/aromatic N) is 2. The number of nitriles is 1. The monoisotopic (exact) mass is 371 g/mol. The second-order valence-corrected chi connectivity index (χ2v) is 7.01. The Morgan fingerprint density at radius 2 is 1.62 bits per heavy atom. The second kappa shape index (κ2) is 8.69. The van der Waals surface area contributed by atoms with Gasteiger partial charge in [-0.05, 0) is 11.1 Å². The number of carbonyl (C=O) groups is 1. The zero-order chi connectivity index (χ0) is 19.0. The highest BCUT2D eigenvalue weighted by atomic mass is 32.2. The molecular formula is C18H17N3O4S. The predicted molar refractivity (Wildman–Crippen MR) is 95.4 cm³/mol. The van der Waals surface area contributed by atoms with E-state index in [0.29, 0.717) is 21.6 Å². The van der Waals surface area contributed by atoms with E-state index < -0.39 is 21.0 Å². The molecule has 0 bridgehead atoms. The summed E-state index contributed by atoms with van der Waals surface area (Å²) in [6.45, 7) is -0.384. The Bertz CT molecular complexity index is 920. The van der Waals surface area contributed by atoms with Gasteiger partial charge in [-0.25, -0.2) is 13.2 Å². The van der Waals surface area contributed by atoms with Gasteiger partial charge in [0.2, 0.25) is 0 Å². The molecule has 0 fully saturated rings. The number of amides is 1. The summed E-state index contributed by atoms with van der Waals surface area (Å²) in [7, 11) is -4.43. The summed E-state index contributed by atoms with van der Waals surface area (Å²) in [4.78, 5) is 11.7. The van der Waals surface area contributed by atoms with E-state index in [9.17, 15) is 13.2 Å². The fraction of sp³-hybridized carbons (Fsp3) is 0.111. The minimum absolute atomic E-state index is 0.102. The third-order valence-electron chi connectivity index (χ3n) is 3.41. The zero-order valence-electron chi connectivity index (χ0n) is 13.8. The number of carbonyl (C=O) groups excluding carboxylic acids is 1. The molecule has 26 heavy (non-hydrogen) atoms. The van der Waals surface area contributed by atoms with Crippen LogP contribution in [0.1, 0.15) is 11.1 Å². The highest BCUT2D eigenvalue weighted by Crippen LogP contribution is 2.18. The molecule has 0 aliphatic heterocycles. The van der Waals surface area contributed by atoms with Gasteiger partial charge in [-0.1, -0.05) is 60.7 Å². The van der Waals surface area contributed by atoms with Gasteiger partial charge >= 0.3 is 6.09 Å². The molecule has 2 N–H and O–H groups in total. The first-order valence-corrected chi connectivity index (χ1v) is 9.02. The molecule has 1 amide bonds. The van der Waals surface area contributed by atoms with Crippen molar-refractivity contribution in [3.8, 4) is 6.07 Å². The number of benzene rings is 2. The molecule has 0 unspecified atom stereocenters. The normalized spacial score (nSPS) is 11.4. The predicted octanol–water partition coefficient (Wildman–Crippen LogP) is 2.48. The first kappa shape index (κ1) is 19.0. The van der Waals surface area contributed by atoms with Crippen molar-refractivity contribution >= 4 is 16.1 Å². The van der Waals surface area contributed by atoms with Gasteiger partial charge in [0.25, 0.3) is 10.0 Å². The molecule has 0 aromatic heterocycles. The average molecular weight is 371 g/mol. The molecule has 0 heterocycles. The highest BCUT2D eigenvalue weighted by Gasteiger charge is 2.32. The molecule has 2 rings (SSSR count). The van der Waals surface area contributed by atoms with Crippen molar-refractivity contribution in [2.75, 3.05) is 0 Å². The van der Waals surface area contributed by atoms with E-state index in [1.807, 2.05) is 6.07 Å². The molecule has 0 aliphatic carbocycles. The van der Waals surface area contributed by atoms with Crippen molar-refractivity contribution in [3.05, 3.63) is 82.9 Å². The van der Waals surface area contributed by atoms with Gasteiger partial charge < -0.3 is 10.5 Å². The van der Waals surface area contributed by atoms with Crippen molar-refractivity contribution < 1.29 is 17.9 Å². The van der Waals surface area contributed by atoms with Crippen LogP contribution in [0.25, 0.3) is 0 Å². The standard InChI is InChI=1S/C18H17N3O4S/c19-11-17(12-20)26(23,24)21(13-15-7-3-1-4-8-15)18(22)25-14-16-9-5-2-6-10-16/h1-11H,13-14,19H2/b17-11+. The number of nitrogens with two attached hydrogens (primary N) is 1. The summed E-state index contributed by atoms with van der Waals surface area (Å²) >= 11 is 0. The van der Waals surface area contributed by atoms with E-state index in [0.717, 1.165) is 0 Å². The first-order chi connectivity index (χ1) is 12.5. The largest absolute Gasteiger partial charge is 0.444 e. The summed E-state index contributed by atoms with van der Waals surface area (Å²) in [5.74, 6) is 0. The van der Waals surface area contributed by atoms with E-state index in [4.69, 9.17) is 15.7 Å². The van der Waals surface area contributed by atoms with E-state index in [2.05, 4.69) is 0 Å². The Labute approximate surface area is 152 Å². The number of rotatable bonds is 6. The third kappa shape index (κ3) is 4.62. The van der Waals surface area contributed by atoms with Gasteiger partial charge in [0.15, 0.2) is 4.91 Å². The summed E-state index contributed by atoms with van der Waals surface area (Å²) in [6, 6.07) is 18.8. The third-order valence-corrected chi connectivity index (χ3v) is 5.05. The molecule has 0 aliphatic rings. The SMILES string of the molecule is N#C/C(=C\N)S(=O)(=O)N(Cc1ccccc1)C(=O)OCc1ccccc1. The number of hydrogen-bond donors (Lipinski definition) is 1. The Kier molecular flexibility index (Phi) is 6.36. The number of allylic oxidation sites excluding steroid dienone is 1. The molecule has 7 nitrogen and oxygen atoms in total.